The van der Waals surface area contributed by atoms with Crippen molar-refractivity contribution in [3.63, 3.8) is 0 Å². The molecule has 3 nitrogen and oxygen atoms in total. The maximum Gasteiger partial charge on any atom is 0.416 e. The highest BCUT2D eigenvalue weighted by molar-refractivity contribution is 5.58. The van der Waals surface area contributed by atoms with Crippen molar-refractivity contribution < 1.29 is 17.9 Å². The Morgan fingerprint density at radius 2 is 1.60 bits per heavy atom. The quantitative estimate of drug-likeness (QED) is 0.243. The fourth-order valence-electron chi connectivity index (χ4n) is 7.44. The summed E-state index contributed by atoms with van der Waals surface area (Å²) in [5.41, 5.74) is 3.40. The highest BCUT2D eigenvalue weighted by atomic mass is 19.4. The maximum atomic E-state index is 13.7. The minimum Gasteiger partial charge on any atom is -0.378 e. The Labute approximate surface area is 248 Å². The van der Waals surface area contributed by atoms with Crippen molar-refractivity contribution in [3.8, 4) is 0 Å². The van der Waals surface area contributed by atoms with Crippen LogP contribution in [0.5, 0.6) is 0 Å². The van der Waals surface area contributed by atoms with Crippen molar-refractivity contribution in [1.29, 1.82) is 0 Å². The molecule has 2 saturated heterocycles. The summed E-state index contributed by atoms with van der Waals surface area (Å²) < 4.78 is 47.7. The normalized spacial score (nSPS) is 24.9. The third kappa shape index (κ3) is 6.86. The number of benzene rings is 3. The van der Waals surface area contributed by atoms with E-state index in [0.717, 1.165) is 49.9 Å². The first-order valence-electron chi connectivity index (χ1n) is 15.9. The van der Waals surface area contributed by atoms with Gasteiger partial charge in [-0.3, -0.25) is 0 Å². The molecule has 0 radical (unpaired) electrons. The Hall–Kier alpha value is -2.83. The molecule has 1 unspecified atom stereocenters. The number of alkyl halides is 3. The topological polar surface area (TPSA) is 24.5 Å². The van der Waals surface area contributed by atoms with Gasteiger partial charge in [0.05, 0.1) is 23.8 Å². The largest absolute Gasteiger partial charge is 0.416 e. The average molecular weight is 577 g/mol. The van der Waals surface area contributed by atoms with Gasteiger partial charge in [0, 0.05) is 23.7 Å². The monoisotopic (exact) mass is 576 g/mol. The zero-order valence-corrected chi connectivity index (χ0v) is 24.4. The number of nitrogens with zero attached hydrogens (tertiary/aromatic N) is 1. The van der Waals surface area contributed by atoms with Crippen LogP contribution in [0.2, 0.25) is 0 Å². The first-order valence-corrected chi connectivity index (χ1v) is 15.9. The molecule has 3 aliphatic heterocycles. The van der Waals surface area contributed by atoms with Crippen LogP contribution < -0.4 is 5.32 Å². The first-order chi connectivity index (χ1) is 20.5. The van der Waals surface area contributed by atoms with E-state index in [9.17, 15) is 13.2 Å². The average Bonchev–Trinajstić information content (AvgIpc) is 3.53. The minimum atomic E-state index is -4.37. The van der Waals surface area contributed by atoms with Gasteiger partial charge in [0.2, 0.25) is 0 Å². The molecule has 0 aromatic heterocycles. The molecule has 3 aliphatic rings. The lowest BCUT2D eigenvalue weighted by Crippen LogP contribution is -2.39. The molecule has 0 aliphatic carbocycles. The SMILES string of the molecule is FC(F)(F)c1ccc2c(c1)[C@H]1O[C@@H](CCCCCC(CN3CCCC3)c3ccccc3)CC[C@H]1[C@H](c1ccccc1)N2. The van der Waals surface area contributed by atoms with E-state index in [1.807, 2.05) is 18.2 Å². The number of unbranched alkanes of at least 4 members (excludes halogenated alkanes) is 2. The van der Waals surface area contributed by atoms with E-state index in [-0.39, 0.29) is 24.2 Å². The third-order valence-electron chi connectivity index (χ3n) is 9.66. The Morgan fingerprint density at radius 3 is 2.33 bits per heavy atom. The van der Waals surface area contributed by atoms with E-state index in [2.05, 4.69) is 52.7 Å². The summed E-state index contributed by atoms with van der Waals surface area (Å²) in [7, 11) is 0. The summed E-state index contributed by atoms with van der Waals surface area (Å²) >= 11 is 0. The van der Waals surface area contributed by atoms with Gasteiger partial charge in [-0.25, -0.2) is 0 Å². The van der Waals surface area contributed by atoms with Crippen molar-refractivity contribution >= 4 is 5.69 Å². The van der Waals surface area contributed by atoms with Gasteiger partial charge in [0.25, 0.3) is 0 Å². The van der Waals surface area contributed by atoms with Crippen LogP contribution in [-0.4, -0.2) is 30.6 Å². The minimum absolute atomic E-state index is 0.0203. The van der Waals surface area contributed by atoms with Crippen LogP contribution in [0.1, 0.15) is 98.1 Å². The molecule has 2 fully saturated rings. The molecule has 42 heavy (non-hydrogen) atoms. The second-order valence-electron chi connectivity index (χ2n) is 12.5. The van der Waals surface area contributed by atoms with Gasteiger partial charge in [-0.15, -0.1) is 0 Å². The van der Waals surface area contributed by atoms with Crippen LogP contribution in [0.4, 0.5) is 18.9 Å². The van der Waals surface area contributed by atoms with Crippen LogP contribution in [0.25, 0.3) is 0 Å². The number of nitrogens with one attached hydrogen (secondary N) is 1. The lowest BCUT2D eigenvalue weighted by molar-refractivity contribution is -0.138. The number of likely N-dealkylation sites (tertiary alicyclic amines) is 1. The van der Waals surface area contributed by atoms with E-state index in [4.69, 9.17) is 4.74 Å². The van der Waals surface area contributed by atoms with Crippen molar-refractivity contribution in [2.24, 2.45) is 5.92 Å². The van der Waals surface area contributed by atoms with Crippen molar-refractivity contribution in [3.05, 3.63) is 101 Å². The number of anilines is 1. The molecular formula is C36H43F3N2O. The Bertz CT molecular complexity index is 1280. The third-order valence-corrected chi connectivity index (χ3v) is 9.66. The number of hydrogen-bond donors (Lipinski definition) is 1. The molecular weight excluding hydrogens is 533 g/mol. The molecule has 1 N–H and O–H groups in total. The molecule has 224 valence electrons. The molecule has 6 heteroatoms. The highest BCUT2D eigenvalue weighted by Crippen LogP contribution is 2.51. The first kappa shape index (κ1) is 29.3. The summed E-state index contributed by atoms with van der Waals surface area (Å²) in [5.74, 6) is 0.664. The Morgan fingerprint density at radius 1 is 0.857 bits per heavy atom. The van der Waals surface area contributed by atoms with Crippen molar-refractivity contribution in [2.75, 3.05) is 25.0 Å². The Kier molecular flexibility index (Phi) is 9.20. The molecule has 0 amide bonds. The molecule has 0 spiro atoms. The number of fused-ring (bicyclic) bond motifs is 3. The summed E-state index contributed by atoms with van der Waals surface area (Å²) in [6, 6.07) is 25.3. The maximum absolute atomic E-state index is 13.7. The predicted molar refractivity (Wildman–Crippen MR) is 163 cm³/mol. The fraction of sp³-hybridized carbons (Fsp3) is 0.500. The van der Waals surface area contributed by atoms with Gasteiger partial charge < -0.3 is 15.0 Å². The predicted octanol–water partition coefficient (Wildman–Crippen LogP) is 9.54. The molecule has 0 bridgehead atoms. The van der Waals surface area contributed by atoms with E-state index >= 15 is 0 Å². The van der Waals surface area contributed by atoms with E-state index in [1.165, 1.54) is 56.5 Å². The molecule has 5 atom stereocenters. The molecule has 0 saturated carbocycles. The number of halogens is 3. The van der Waals surface area contributed by atoms with Crippen LogP contribution in [0, 0.1) is 5.92 Å². The summed E-state index contributed by atoms with van der Waals surface area (Å²) in [4.78, 5) is 2.62. The van der Waals surface area contributed by atoms with E-state index < -0.39 is 11.7 Å². The van der Waals surface area contributed by atoms with Gasteiger partial charge in [0.15, 0.2) is 0 Å². The second kappa shape index (κ2) is 13.2. The fourth-order valence-corrected chi connectivity index (χ4v) is 7.44. The van der Waals surface area contributed by atoms with Gasteiger partial charge in [-0.2, -0.15) is 13.2 Å². The standard InChI is InChI=1S/C36H43F3N2O/c37-36(38,39)29-18-21-33-32(24-29)35-31(34(40-33)27-14-6-2-7-15-27)20-19-30(42-35)17-9-3-8-16-28(25-41-22-10-11-23-41)26-12-4-1-5-13-26/h1-2,4-7,12-15,18,21,24,28,30-31,34-35,40H,3,8-11,16-17,19-20,22-23,25H2/t28?,30-,31-,34-,35-/m0/s1. The van der Waals surface area contributed by atoms with Crippen LogP contribution in [0.15, 0.2) is 78.9 Å². The molecule has 3 aromatic rings. The zero-order chi connectivity index (χ0) is 28.9. The Balaban J connectivity index is 1.08. The smallest absolute Gasteiger partial charge is 0.378 e. The van der Waals surface area contributed by atoms with Crippen LogP contribution in [-0.2, 0) is 10.9 Å². The van der Waals surface area contributed by atoms with E-state index in [1.54, 1.807) is 6.07 Å². The van der Waals surface area contributed by atoms with Gasteiger partial charge in [0.1, 0.15) is 0 Å². The molecule has 3 aromatic carbocycles. The zero-order valence-electron chi connectivity index (χ0n) is 24.4. The number of ether oxygens (including phenoxy) is 1. The van der Waals surface area contributed by atoms with Crippen LogP contribution in [0.3, 0.4) is 0 Å². The van der Waals surface area contributed by atoms with Gasteiger partial charge in [-0.1, -0.05) is 79.9 Å². The summed E-state index contributed by atoms with van der Waals surface area (Å²) in [6.07, 6.45) is 5.45. The van der Waals surface area contributed by atoms with Gasteiger partial charge >= 0.3 is 6.18 Å². The second-order valence-corrected chi connectivity index (χ2v) is 12.5. The summed E-state index contributed by atoms with van der Waals surface area (Å²) in [6.45, 7) is 3.59. The van der Waals surface area contributed by atoms with Crippen LogP contribution >= 0.6 is 0 Å². The lowest BCUT2D eigenvalue weighted by atomic mass is 9.76. The van der Waals surface area contributed by atoms with Crippen molar-refractivity contribution in [1.82, 2.24) is 4.90 Å². The molecule has 3 heterocycles. The van der Waals surface area contributed by atoms with Crippen molar-refractivity contribution in [2.45, 2.75) is 88.1 Å². The number of rotatable bonds is 10. The summed E-state index contributed by atoms with van der Waals surface area (Å²) in [5, 5.41) is 3.56. The number of hydrogen-bond acceptors (Lipinski definition) is 3. The molecule has 6 rings (SSSR count). The lowest BCUT2D eigenvalue weighted by Gasteiger charge is -2.46. The highest BCUT2D eigenvalue weighted by Gasteiger charge is 2.43. The van der Waals surface area contributed by atoms with Gasteiger partial charge in [-0.05, 0) is 86.9 Å². The van der Waals surface area contributed by atoms with E-state index in [0.29, 0.717) is 11.5 Å².